The van der Waals surface area contributed by atoms with Crippen LogP contribution in [0.5, 0.6) is 0 Å². The average Bonchev–Trinajstić information content (AvgIpc) is 2.49. The summed E-state index contributed by atoms with van der Waals surface area (Å²) in [7, 11) is 0. The quantitative estimate of drug-likeness (QED) is 0.802. The van der Waals surface area contributed by atoms with Crippen LogP contribution in [0, 0.1) is 6.92 Å². The highest BCUT2D eigenvalue weighted by molar-refractivity contribution is 6.08. The minimum Gasteiger partial charge on any atom is -0.311 e. The fraction of sp³-hybridized carbons (Fsp3) is 0.533. The second-order valence-corrected chi connectivity index (χ2v) is 5.79. The number of benzene rings is 1. The highest BCUT2D eigenvalue weighted by Gasteiger charge is 2.49. The van der Waals surface area contributed by atoms with Crippen LogP contribution in [0.2, 0.25) is 0 Å². The molecular formula is C15H18F3NO. The van der Waals surface area contributed by atoms with Crippen molar-refractivity contribution in [2.45, 2.75) is 45.7 Å². The Labute approximate surface area is 116 Å². The molecule has 0 aromatic heterocycles. The van der Waals surface area contributed by atoms with Crippen LogP contribution in [-0.4, -0.2) is 12.5 Å². The van der Waals surface area contributed by atoms with Gasteiger partial charge in [0.25, 0.3) is 0 Å². The summed E-state index contributed by atoms with van der Waals surface area (Å²) in [6, 6.07) is 2.80. The van der Waals surface area contributed by atoms with Crippen molar-refractivity contribution < 1.29 is 18.0 Å². The molecule has 1 heterocycles. The first-order valence-electron chi connectivity index (χ1n) is 6.65. The molecule has 0 unspecified atom stereocenters. The highest BCUT2D eigenvalue weighted by atomic mass is 19.4. The molecule has 0 bridgehead atoms. The molecule has 2 nitrogen and oxygen atoms in total. The number of halogens is 3. The number of carbonyl (C=O) groups is 1. The van der Waals surface area contributed by atoms with E-state index in [0.29, 0.717) is 24.2 Å². The van der Waals surface area contributed by atoms with Crippen LogP contribution in [0.4, 0.5) is 18.9 Å². The first-order valence-corrected chi connectivity index (χ1v) is 6.65. The van der Waals surface area contributed by atoms with Gasteiger partial charge in [-0.3, -0.25) is 4.79 Å². The molecule has 1 aromatic rings. The van der Waals surface area contributed by atoms with Gasteiger partial charge in [-0.25, -0.2) is 0 Å². The maximum Gasteiger partial charge on any atom is 0.416 e. The third-order valence-electron chi connectivity index (χ3n) is 3.71. The normalized spacial score (nSPS) is 17.6. The zero-order valence-corrected chi connectivity index (χ0v) is 12.1. The topological polar surface area (TPSA) is 20.3 Å². The highest BCUT2D eigenvalue weighted by Crippen LogP contribution is 2.48. The van der Waals surface area contributed by atoms with Crippen LogP contribution in [-0.2, 0) is 16.4 Å². The Morgan fingerprint density at radius 1 is 1.25 bits per heavy atom. The maximum absolute atomic E-state index is 13.3. The Morgan fingerprint density at radius 2 is 1.85 bits per heavy atom. The van der Waals surface area contributed by atoms with Crippen molar-refractivity contribution in [3.05, 3.63) is 28.8 Å². The molecule has 2 rings (SSSR count). The van der Waals surface area contributed by atoms with Crippen LogP contribution in [0.25, 0.3) is 0 Å². The smallest absolute Gasteiger partial charge is 0.311 e. The summed E-state index contributed by atoms with van der Waals surface area (Å²) in [5.74, 6) is -0.259. The number of hydrogen-bond donors (Lipinski definition) is 0. The first-order chi connectivity index (χ1) is 9.10. The number of anilines is 1. The molecule has 5 heteroatoms. The largest absolute Gasteiger partial charge is 0.416 e. The van der Waals surface area contributed by atoms with Gasteiger partial charge in [0, 0.05) is 17.8 Å². The lowest BCUT2D eigenvalue weighted by Gasteiger charge is -2.21. The zero-order chi connectivity index (χ0) is 15.3. The van der Waals surface area contributed by atoms with E-state index in [1.165, 1.54) is 4.90 Å². The summed E-state index contributed by atoms with van der Waals surface area (Å²) in [6.07, 6.45) is -3.74. The lowest BCUT2D eigenvalue weighted by atomic mass is 9.82. The van der Waals surface area contributed by atoms with Gasteiger partial charge in [0.2, 0.25) is 5.91 Å². The van der Waals surface area contributed by atoms with Crippen molar-refractivity contribution in [1.29, 1.82) is 0 Å². The number of aryl methyl sites for hydroxylation is 1. The van der Waals surface area contributed by atoms with E-state index in [4.69, 9.17) is 0 Å². The van der Waals surface area contributed by atoms with E-state index >= 15 is 0 Å². The Morgan fingerprint density at radius 3 is 2.35 bits per heavy atom. The van der Waals surface area contributed by atoms with Gasteiger partial charge in [-0.2, -0.15) is 13.2 Å². The lowest BCUT2D eigenvalue weighted by Crippen LogP contribution is -2.37. The molecule has 0 N–H and O–H groups in total. The van der Waals surface area contributed by atoms with E-state index in [9.17, 15) is 18.0 Å². The number of fused-ring (bicyclic) bond motifs is 1. The molecule has 1 aromatic carbocycles. The van der Waals surface area contributed by atoms with Crippen LogP contribution >= 0.6 is 0 Å². The summed E-state index contributed by atoms with van der Waals surface area (Å²) in [5.41, 5.74) is -0.793. The Kier molecular flexibility index (Phi) is 3.35. The fourth-order valence-electron chi connectivity index (χ4n) is 2.86. The summed E-state index contributed by atoms with van der Waals surface area (Å²) in [5, 5.41) is 0. The first kappa shape index (κ1) is 14.9. The molecule has 0 saturated carbocycles. The molecule has 1 aliphatic rings. The predicted octanol–water partition coefficient (Wildman–Crippen LogP) is 4.05. The van der Waals surface area contributed by atoms with Crippen molar-refractivity contribution in [3.8, 4) is 0 Å². The van der Waals surface area contributed by atoms with E-state index in [-0.39, 0.29) is 11.5 Å². The molecule has 0 spiro atoms. The second-order valence-electron chi connectivity index (χ2n) is 5.79. The van der Waals surface area contributed by atoms with E-state index in [0.717, 1.165) is 6.07 Å². The van der Waals surface area contributed by atoms with E-state index < -0.39 is 17.2 Å². The minimum absolute atomic E-state index is 0.106. The van der Waals surface area contributed by atoms with Gasteiger partial charge in [0.05, 0.1) is 11.0 Å². The van der Waals surface area contributed by atoms with Crippen molar-refractivity contribution in [2.24, 2.45) is 0 Å². The number of hydrogen-bond acceptors (Lipinski definition) is 1. The summed E-state index contributed by atoms with van der Waals surface area (Å²) >= 11 is 0. The Bertz CT molecular complexity index is 561. The van der Waals surface area contributed by atoms with Gasteiger partial charge < -0.3 is 4.90 Å². The third-order valence-corrected chi connectivity index (χ3v) is 3.71. The van der Waals surface area contributed by atoms with Crippen LogP contribution < -0.4 is 4.90 Å². The van der Waals surface area contributed by atoms with Gasteiger partial charge in [-0.1, -0.05) is 6.92 Å². The van der Waals surface area contributed by atoms with E-state index in [2.05, 4.69) is 0 Å². The van der Waals surface area contributed by atoms with Crippen LogP contribution in [0.3, 0.4) is 0 Å². The molecule has 0 fully saturated rings. The molecular weight excluding hydrogens is 267 g/mol. The molecule has 110 valence electrons. The Balaban J connectivity index is 2.76. The number of carbonyl (C=O) groups excluding carboxylic acids is 1. The Hall–Kier alpha value is -1.52. The summed E-state index contributed by atoms with van der Waals surface area (Å²) < 4.78 is 39.8. The number of nitrogens with zero attached hydrogens (tertiary/aromatic N) is 1. The fourth-order valence-corrected chi connectivity index (χ4v) is 2.86. The summed E-state index contributed by atoms with van der Waals surface area (Å²) in [6.45, 7) is 7.09. The van der Waals surface area contributed by atoms with E-state index in [1.807, 2.05) is 6.92 Å². The maximum atomic E-state index is 13.3. The standard InChI is InChI=1S/C15H18F3NO/c1-5-6-19-11-8-9(2)7-10(15(16,17)18)12(11)14(3,4)13(19)20/h7-8H,5-6H2,1-4H3. The van der Waals surface area contributed by atoms with Crippen molar-refractivity contribution >= 4 is 11.6 Å². The number of alkyl halides is 3. The van der Waals surface area contributed by atoms with Crippen molar-refractivity contribution in [1.82, 2.24) is 0 Å². The monoisotopic (exact) mass is 285 g/mol. The number of rotatable bonds is 2. The molecule has 0 saturated heterocycles. The molecule has 1 aliphatic heterocycles. The molecule has 0 atom stereocenters. The van der Waals surface area contributed by atoms with Gasteiger partial charge in [0.1, 0.15) is 0 Å². The number of amides is 1. The van der Waals surface area contributed by atoms with Gasteiger partial charge in [0.15, 0.2) is 0 Å². The third kappa shape index (κ3) is 2.09. The van der Waals surface area contributed by atoms with E-state index in [1.54, 1.807) is 26.8 Å². The minimum atomic E-state index is -4.45. The molecule has 0 radical (unpaired) electrons. The van der Waals surface area contributed by atoms with Gasteiger partial charge in [-0.15, -0.1) is 0 Å². The average molecular weight is 285 g/mol. The second kappa shape index (κ2) is 4.50. The van der Waals surface area contributed by atoms with Crippen molar-refractivity contribution in [2.75, 3.05) is 11.4 Å². The molecule has 20 heavy (non-hydrogen) atoms. The molecule has 0 aliphatic carbocycles. The predicted molar refractivity (Wildman–Crippen MR) is 71.9 cm³/mol. The summed E-state index contributed by atoms with van der Waals surface area (Å²) in [4.78, 5) is 13.9. The van der Waals surface area contributed by atoms with Crippen LogP contribution in [0.15, 0.2) is 12.1 Å². The van der Waals surface area contributed by atoms with Crippen LogP contribution in [0.1, 0.15) is 43.9 Å². The molecule has 1 amide bonds. The van der Waals surface area contributed by atoms with Gasteiger partial charge >= 0.3 is 6.18 Å². The zero-order valence-electron chi connectivity index (χ0n) is 12.1. The van der Waals surface area contributed by atoms with Gasteiger partial charge in [-0.05, 0) is 44.9 Å². The SMILES string of the molecule is CCCN1C(=O)C(C)(C)c2c1cc(C)cc2C(F)(F)F. The lowest BCUT2D eigenvalue weighted by molar-refractivity contribution is -0.138. The van der Waals surface area contributed by atoms with Crippen molar-refractivity contribution in [3.63, 3.8) is 0 Å².